The van der Waals surface area contributed by atoms with Crippen LogP contribution in [0.4, 0.5) is 5.69 Å². The van der Waals surface area contributed by atoms with Gasteiger partial charge in [0.15, 0.2) is 13.2 Å². The van der Waals surface area contributed by atoms with E-state index >= 15 is 0 Å². The van der Waals surface area contributed by atoms with Crippen LogP contribution in [0.3, 0.4) is 0 Å². The molecule has 0 saturated carbocycles. The first-order valence-electron chi connectivity index (χ1n) is 7.45. The van der Waals surface area contributed by atoms with E-state index in [0.29, 0.717) is 17.2 Å². The van der Waals surface area contributed by atoms with E-state index in [2.05, 4.69) is 5.32 Å². The van der Waals surface area contributed by atoms with E-state index in [-0.39, 0.29) is 19.1 Å². The van der Waals surface area contributed by atoms with Crippen LogP contribution in [0, 0.1) is 13.8 Å². The Bertz CT molecular complexity index is 726. The second-order valence-corrected chi connectivity index (χ2v) is 5.39. The molecule has 2 aromatic carbocycles. The van der Waals surface area contributed by atoms with Gasteiger partial charge in [0.2, 0.25) is 0 Å². The Morgan fingerprint density at radius 1 is 1.00 bits per heavy atom. The second-order valence-electron chi connectivity index (χ2n) is 5.39. The Morgan fingerprint density at radius 2 is 1.71 bits per heavy atom. The number of rotatable bonds is 7. The highest BCUT2D eigenvalue weighted by Gasteiger charge is 2.06. The van der Waals surface area contributed by atoms with Crippen LogP contribution in [-0.4, -0.2) is 25.0 Å². The van der Waals surface area contributed by atoms with Crippen LogP contribution in [0.2, 0.25) is 0 Å². The molecule has 0 saturated heterocycles. The number of hydrogen-bond donors (Lipinski definition) is 2. The number of hydrogen-bond acceptors (Lipinski definition) is 4. The summed E-state index contributed by atoms with van der Waals surface area (Å²) in [5.74, 6) is 0.386. The average Bonchev–Trinajstić information content (AvgIpc) is 2.55. The first kappa shape index (κ1) is 17.3. The van der Waals surface area contributed by atoms with Gasteiger partial charge in [-0.15, -0.1) is 0 Å². The number of nitrogens with two attached hydrogens (primary N) is 1. The minimum Gasteiger partial charge on any atom is -0.484 e. The molecule has 6 nitrogen and oxygen atoms in total. The van der Waals surface area contributed by atoms with Crippen molar-refractivity contribution in [1.82, 2.24) is 0 Å². The molecule has 0 aliphatic heterocycles. The van der Waals surface area contributed by atoms with Gasteiger partial charge in [-0.25, -0.2) is 0 Å². The van der Waals surface area contributed by atoms with E-state index in [0.717, 1.165) is 11.1 Å². The highest BCUT2D eigenvalue weighted by Crippen LogP contribution is 2.19. The van der Waals surface area contributed by atoms with E-state index in [1.54, 1.807) is 24.3 Å². The number of carbonyl (C=O) groups is 2. The summed E-state index contributed by atoms with van der Waals surface area (Å²) in [6.45, 7) is 3.63. The number of amides is 2. The van der Waals surface area contributed by atoms with Gasteiger partial charge >= 0.3 is 0 Å². The van der Waals surface area contributed by atoms with Crippen LogP contribution in [0.25, 0.3) is 0 Å². The molecule has 0 aliphatic carbocycles. The van der Waals surface area contributed by atoms with E-state index < -0.39 is 5.91 Å². The largest absolute Gasteiger partial charge is 0.484 e. The average molecular weight is 328 g/mol. The smallest absolute Gasteiger partial charge is 0.262 e. The molecule has 0 heterocycles. The minimum atomic E-state index is -0.545. The number of carbonyl (C=O) groups excluding carboxylic acids is 2. The number of anilines is 1. The summed E-state index contributed by atoms with van der Waals surface area (Å²) in [6.07, 6.45) is 0. The Kier molecular flexibility index (Phi) is 5.78. The lowest BCUT2D eigenvalue weighted by molar-refractivity contribution is -0.120. The number of primary amides is 1. The third-order valence-electron chi connectivity index (χ3n) is 3.22. The van der Waals surface area contributed by atoms with Crippen molar-refractivity contribution < 1.29 is 19.1 Å². The van der Waals surface area contributed by atoms with Crippen LogP contribution >= 0.6 is 0 Å². The molecule has 3 N–H and O–H groups in total. The molecular formula is C18H20N2O4. The van der Waals surface area contributed by atoms with Crippen molar-refractivity contribution in [2.24, 2.45) is 5.73 Å². The molecule has 2 amide bonds. The third-order valence-corrected chi connectivity index (χ3v) is 3.22. The summed E-state index contributed by atoms with van der Waals surface area (Å²) in [6, 6.07) is 12.5. The standard InChI is InChI=1S/C18H20N2O4/c1-12-3-4-13(2)16(9-12)24-11-18(22)20-14-5-7-15(8-6-14)23-10-17(19)21/h3-9H,10-11H2,1-2H3,(H2,19,21)(H,20,22). The lowest BCUT2D eigenvalue weighted by atomic mass is 10.1. The monoisotopic (exact) mass is 328 g/mol. The zero-order valence-corrected chi connectivity index (χ0v) is 13.7. The number of benzene rings is 2. The van der Waals surface area contributed by atoms with Gasteiger partial charge < -0.3 is 20.5 Å². The first-order chi connectivity index (χ1) is 11.4. The molecule has 2 aromatic rings. The lowest BCUT2D eigenvalue weighted by Gasteiger charge is -2.11. The normalized spacial score (nSPS) is 10.1. The summed E-state index contributed by atoms with van der Waals surface area (Å²) < 4.78 is 10.7. The van der Waals surface area contributed by atoms with Crippen LogP contribution in [0.5, 0.6) is 11.5 Å². The predicted octanol–water partition coefficient (Wildman–Crippen LogP) is 2.19. The van der Waals surface area contributed by atoms with Crippen LogP contribution in [0.15, 0.2) is 42.5 Å². The van der Waals surface area contributed by atoms with E-state index in [4.69, 9.17) is 15.2 Å². The van der Waals surface area contributed by atoms with Gasteiger partial charge in [0.05, 0.1) is 0 Å². The van der Waals surface area contributed by atoms with E-state index in [1.165, 1.54) is 0 Å². The fraction of sp³-hybridized carbons (Fsp3) is 0.222. The summed E-state index contributed by atoms with van der Waals surface area (Å²) in [7, 11) is 0. The molecule has 0 unspecified atom stereocenters. The van der Waals surface area contributed by atoms with Crippen LogP contribution in [-0.2, 0) is 9.59 Å². The summed E-state index contributed by atoms with van der Waals surface area (Å²) >= 11 is 0. The zero-order chi connectivity index (χ0) is 17.5. The Morgan fingerprint density at radius 3 is 2.38 bits per heavy atom. The molecule has 0 radical (unpaired) electrons. The SMILES string of the molecule is Cc1ccc(C)c(OCC(=O)Nc2ccc(OCC(N)=O)cc2)c1. The van der Waals surface area contributed by atoms with E-state index in [9.17, 15) is 9.59 Å². The zero-order valence-electron chi connectivity index (χ0n) is 13.7. The van der Waals surface area contributed by atoms with Gasteiger partial charge in [0, 0.05) is 5.69 Å². The van der Waals surface area contributed by atoms with Crippen molar-refractivity contribution in [3.63, 3.8) is 0 Å². The Hall–Kier alpha value is -3.02. The van der Waals surface area contributed by atoms with Crippen molar-refractivity contribution in [3.05, 3.63) is 53.6 Å². The predicted molar refractivity (Wildman–Crippen MR) is 91.2 cm³/mol. The summed E-state index contributed by atoms with van der Waals surface area (Å²) in [5, 5.41) is 2.73. The number of nitrogens with one attached hydrogen (secondary N) is 1. The molecule has 0 spiro atoms. The second kappa shape index (κ2) is 8.01. The Balaban J connectivity index is 1.85. The van der Waals surface area contributed by atoms with Crippen molar-refractivity contribution in [2.45, 2.75) is 13.8 Å². The lowest BCUT2D eigenvalue weighted by Crippen LogP contribution is -2.21. The minimum absolute atomic E-state index is 0.0791. The van der Waals surface area contributed by atoms with Gasteiger partial charge in [-0.05, 0) is 55.3 Å². The first-order valence-corrected chi connectivity index (χ1v) is 7.45. The highest BCUT2D eigenvalue weighted by molar-refractivity contribution is 5.91. The third kappa shape index (κ3) is 5.31. The maximum absolute atomic E-state index is 12.0. The Labute approximate surface area is 140 Å². The molecule has 24 heavy (non-hydrogen) atoms. The maximum Gasteiger partial charge on any atom is 0.262 e. The molecule has 0 atom stereocenters. The molecule has 126 valence electrons. The number of aryl methyl sites for hydroxylation is 2. The van der Waals surface area contributed by atoms with Gasteiger partial charge in [-0.1, -0.05) is 12.1 Å². The molecule has 6 heteroatoms. The molecular weight excluding hydrogens is 308 g/mol. The van der Waals surface area contributed by atoms with Crippen molar-refractivity contribution in [3.8, 4) is 11.5 Å². The summed E-state index contributed by atoms with van der Waals surface area (Å²) in [4.78, 5) is 22.6. The summed E-state index contributed by atoms with van der Waals surface area (Å²) in [5.41, 5.74) is 7.66. The van der Waals surface area contributed by atoms with Crippen LogP contribution < -0.4 is 20.5 Å². The fourth-order valence-electron chi connectivity index (χ4n) is 1.99. The highest BCUT2D eigenvalue weighted by atomic mass is 16.5. The molecule has 0 fully saturated rings. The number of ether oxygens (including phenoxy) is 2. The molecule has 0 aromatic heterocycles. The van der Waals surface area contributed by atoms with Gasteiger partial charge in [-0.3, -0.25) is 9.59 Å². The van der Waals surface area contributed by atoms with Crippen molar-refractivity contribution in [1.29, 1.82) is 0 Å². The molecule has 2 rings (SSSR count). The molecule has 0 aliphatic rings. The van der Waals surface area contributed by atoms with Gasteiger partial charge in [0.25, 0.3) is 11.8 Å². The van der Waals surface area contributed by atoms with Crippen molar-refractivity contribution >= 4 is 17.5 Å². The van der Waals surface area contributed by atoms with E-state index in [1.807, 2.05) is 32.0 Å². The van der Waals surface area contributed by atoms with Gasteiger partial charge in [0.1, 0.15) is 11.5 Å². The van der Waals surface area contributed by atoms with Gasteiger partial charge in [-0.2, -0.15) is 0 Å². The topological polar surface area (TPSA) is 90.7 Å². The van der Waals surface area contributed by atoms with Crippen LogP contribution in [0.1, 0.15) is 11.1 Å². The molecule has 0 bridgehead atoms. The quantitative estimate of drug-likeness (QED) is 0.815. The maximum atomic E-state index is 12.0. The van der Waals surface area contributed by atoms with Crippen molar-refractivity contribution in [2.75, 3.05) is 18.5 Å². The fourth-order valence-corrected chi connectivity index (χ4v) is 1.99.